The Kier molecular flexibility index (Phi) is 5.06. The van der Waals surface area contributed by atoms with E-state index in [9.17, 15) is 18.3 Å². The first-order valence-corrected chi connectivity index (χ1v) is 9.38. The lowest BCUT2D eigenvalue weighted by atomic mass is 10.0. The van der Waals surface area contributed by atoms with Crippen molar-refractivity contribution in [3.8, 4) is 5.75 Å². The summed E-state index contributed by atoms with van der Waals surface area (Å²) in [5.74, 6) is 0.359. The fourth-order valence-electron chi connectivity index (χ4n) is 2.77. The van der Waals surface area contributed by atoms with Gasteiger partial charge in [0.15, 0.2) is 0 Å². The van der Waals surface area contributed by atoms with Crippen LogP contribution < -0.4 is 4.74 Å². The van der Waals surface area contributed by atoms with Crippen LogP contribution in [0, 0.1) is 0 Å². The molecule has 132 valence electrons. The molecule has 25 heavy (non-hydrogen) atoms. The van der Waals surface area contributed by atoms with Crippen molar-refractivity contribution >= 4 is 15.1 Å². The van der Waals surface area contributed by atoms with Crippen LogP contribution >= 0.6 is 0 Å². The summed E-state index contributed by atoms with van der Waals surface area (Å²) >= 11 is 0. The molecule has 6 nitrogen and oxygen atoms in total. The summed E-state index contributed by atoms with van der Waals surface area (Å²) < 4.78 is 36.0. The summed E-state index contributed by atoms with van der Waals surface area (Å²) in [5, 5.41) is 6.99. The van der Waals surface area contributed by atoms with Gasteiger partial charge in [0, 0.05) is 12.0 Å². The van der Waals surface area contributed by atoms with Crippen LogP contribution in [-0.2, 0) is 21.2 Å². The number of carbonyl (C=O) groups is 1. The van der Waals surface area contributed by atoms with Crippen LogP contribution in [0.25, 0.3) is 0 Å². The van der Waals surface area contributed by atoms with Gasteiger partial charge in [-0.25, -0.2) is 13.2 Å². The topological polar surface area (TPSA) is 89.9 Å². The van der Waals surface area contributed by atoms with Crippen LogP contribution in [0.2, 0.25) is 0 Å². The fraction of sp³-hybridized carbons (Fsp3) is 0.278. The molecular formula is C18H18O6S. The Balaban J connectivity index is 1.82. The van der Waals surface area contributed by atoms with Crippen molar-refractivity contribution < 1.29 is 27.8 Å². The average Bonchev–Trinajstić information content (AvgIpc) is 2.65. The van der Waals surface area contributed by atoms with E-state index in [0.717, 1.165) is 0 Å². The SMILES string of the molecule is O=C(OCc1ccccc1)S(=O)(=O)C1C[C@H](CO)Oc2ccccc21. The largest absolute Gasteiger partial charge is 0.488 e. The van der Waals surface area contributed by atoms with Crippen molar-refractivity contribution in [3.63, 3.8) is 0 Å². The zero-order valence-electron chi connectivity index (χ0n) is 13.4. The minimum Gasteiger partial charge on any atom is -0.488 e. The van der Waals surface area contributed by atoms with E-state index in [2.05, 4.69) is 0 Å². The monoisotopic (exact) mass is 362 g/mol. The molecule has 3 rings (SSSR count). The zero-order valence-corrected chi connectivity index (χ0v) is 14.2. The number of hydrogen-bond acceptors (Lipinski definition) is 6. The highest BCUT2D eigenvalue weighted by molar-refractivity contribution is 8.05. The van der Waals surface area contributed by atoms with E-state index >= 15 is 0 Å². The molecule has 0 saturated carbocycles. The maximum Gasteiger partial charge on any atom is 0.425 e. The van der Waals surface area contributed by atoms with Crippen molar-refractivity contribution in [2.75, 3.05) is 6.61 Å². The van der Waals surface area contributed by atoms with Gasteiger partial charge in [0.2, 0.25) is 0 Å². The van der Waals surface area contributed by atoms with Gasteiger partial charge in [0.25, 0.3) is 9.84 Å². The number of benzene rings is 2. The van der Waals surface area contributed by atoms with Crippen molar-refractivity contribution in [2.45, 2.75) is 24.4 Å². The summed E-state index contributed by atoms with van der Waals surface area (Å²) in [5.41, 5.74) is 1.11. The molecule has 1 unspecified atom stereocenters. The third kappa shape index (κ3) is 3.67. The lowest BCUT2D eigenvalue weighted by molar-refractivity contribution is 0.0956. The summed E-state index contributed by atoms with van der Waals surface area (Å²) in [6.45, 7) is -0.452. The molecule has 2 atom stereocenters. The van der Waals surface area contributed by atoms with Gasteiger partial charge in [-0.2, -0.15) is 0 Å². The first kappa shape index (κ1) is 17.4. The van der Waals surface area contributed by atoms with E-state index in [0.29, 0.717) is 16.9 Å². The van der Waals surface area contributed by atoms with E-state index in [1.54, 1.807) is 48.5 Å². The summed E-state index contributed by atoms with van der Waals surface area (Å²) in [7, 11) is -4.24. The molecule has 1 aliphatic rings. The average molecular weight is 362 g/mol. The van der Waals surface area contributed by atoms with Crippen molar-refractivity contribution in [3.05, 3.63) is 65.7 Å². The molecule has 0 amide bonds. The van der Waals surface area contributed by atoms with E-state index in [4.69, 9.17) is 9.47 Å². The molecule has 2 aromatic rings. The maximum atomic E-state index is 12.7. The van der Waals surface area contributed by atoms with Gasteiger partial charge in [-0.15, -0.1) is 0 Å². The molecule has 0 aromatic heterocycles. The third-order valence-corrected chi connectivity index (χ3v) is 5.82. The summed E-state index contributed by atoms with van der Waals surface area (Å²) in [6.07, 6.45) is -0.687. The second-order valence-electron chi connectivity index (χ2n) is 5.75. The molecule has 0 bridgehead atoms. The van der Waals surface area contributed by atoms with E-state index in [-0.39, 0.29) is 19.6 Å². The Labute approximate surface area is 145 Å². The Bertz CT molecular complexity index is 847. The third-order valence-electron chi connectivity index (χ3n) is 4.05. The maximum absolute atomic E-state index is 12.7. The number of sulfone groups is 1. The first-order chi connectivity index (χ1) is 12.0. The molecule has 0 spiro atoms. The Morgan fingerprint density at radius 2 is 1.80 bits per heavy atom. The number of fused-ring (bicyclic) bond motifs is 1. The number of rotatable bonds is 4. The predicted molar refractivity (Wildman–Crippen MR) is 90.8 cm³/mol. The van der Waals surface area contributed by atoms with Crippen LogP contribution in [-0.4, -0.2) is 31.5 Å². The summed E-state index contributed by atoms with van der Waals surface area (Å²) in [4.78, 5) is 12.2. The first-order valence-electron chi connectivity index (χ1n) is 7.83. The summed E-state index contributed by atoms with van der Waals surface area (Å²) in [6, 6.07) is 15.5. The van der Waals surface area contributed by atoms with Gasteiger partial charge in [-0.3, -0.25) is 0 Å². The van der Waals surface area contributed by atoms with Crippen LogP contribution in [0.4, 0.5) is 4.79 Å². The highest BCUT2D eigenvalue weighted by atomic mass is 32.2. The van der Waals surface area contributed by atoms with E-state index < -0.39 is 26.5 Å². The smallest absolute Gasteiger partial charge is 0.425 e. The van der Waals surface area contributed by atoms with Crippen LogP contribution in [0.15, 0.2) is 54.6 Å². The second kappa shape index (κ2) is 7.25. The molecule has 1 heterocycles. The number of carbonyl (C=O) groups excluding carboxylic acids is 1. The van der Waals surface area contributed by atoms with Crippen LogP contribution in [0.3, 0.4) is 0 Å². The fourth-order valence-corrected chi connectivity index (χ4v) is 4.22. The van der Waals surface area contributed by atoms with Gasteiger partial charge in [-0.1, -0.05) is 48.5 Å². The molecule has 1 aliphatic heterocycles. The Morgan fingerprint density at radius 1 is 1.12 bits per heavy atom. The molecule has 7 heteroatoms. The highest BCUT2D eigenvalue weighted by Gasteiger charge is 2.41. The van der Waals surface area contributed by atoms with Gasteiger partial charge in [0.1, 0.15) is 23.7 Å². The number of aliphatic hydroxyl groups is 1. The molecule has 2 aromatic carbocycles. The predicted octanol–water partition coefficient (Wildman–Crippen LogP) is 2.62. The number of aliphatic hydroxyl groups excluding tert-OH is 1. The number of hydrogen-bond donors (Lipinski definition) is 1. The zero-order chi connectivity index (χ0) is 17.9. The highest BCUT2D eigenvalue weighted by Crippen LogP contribution is 2.40. The quantitative estimate of drug-likeness (QED) is 0.841. The molecule has 0 fully saturated rings. The molecule has 0 radical (unpaired) electrons. The van der Waals surface area contributed by atoms with Crippen LogP contribution in [0.5, 0.6) is 5.75 Å². The van der Waals surface area contributed by atoms with Gasteiger partial charge in [-0.05, 0) is 11.6 Å². The molecular weight excluding hydrogens is 344 g/mol. The Morgan fingerprint density at radius 3 is 2.52 bits per heavy atom. The van der Waals surface area contributed by atoms with E-state index in [1.807, 2.05) is 6.07 Å². The minimum absolute atomic E-state index is 0.00369. The van der Waals surface area contributed by atoms with E-state index in [1.165, 1.54) is 0 Å². The van der Waals surface area contributed by atoms with Crippen molar-refractivity contribution in [1.29, 1.82) is 0 Å². The normalized spacial score (nSPS) is 19.6. The van der Waals surface area contributed by atoms with Crippen molar-refractivity contribution in [2.24, 2.45) is 0 Å². The molecule has 1 N–H and O–H groups in total. The second-order valence-corrected chi connectivity index (χ2v) is 7.75. The number of para-hydroxylation sites is 1. The van der Waals surface area contributed by atoms with Crippen molar-refractivity contribution in [1.82, 2.24) is 0 Å². The molecule has 0 saturated heterocycles. The molecule has 0 aliphatic carbocycles. The Hall–Kier alpha value is -2.38. The van der Waals surface area contributed by atoms with Crippen LogP contribution in [0.1, 0.15) is 22.8 Å². The van der Waals surface area contributed by atoms with Gasteiger partial charge in [0.05, 0.1) is 6.61 Å². The number of ether oxygens (including phenoxy) is 2. The standard InChI is InChI=1S/C18H18O6S/c19-11-14-10-17(15-8-4-5-9-16(15)24-14)25(21,22)18(20)23-12-13-6-2-1-3-7-13/h1-9,14,17,19H,10-12H2/t14-,17?/m1/s1. The van der Waals surface area contributed by atoms with Gasteiger partial charge < -0.3 is 14.6 Å². The minimum atomic E-state index is -4.24. The van der Waals surface area contributed by atoms with Gasteiger partial charge >= 0.3 is 5.30 Å². The lowest BCUT2D eigenvalue weighted by Gasteiger charge is -2.30. The lowest BCUT2D eigenvalue weighted by Crippen LogP contribution is -2.34.